The minimum absolute atomic E-state index is 0.0615. The largest absolute Gasteiger partial charge is 0.439 e. The first-order chi connectivity index (χ1) is 13.8. The molecule has 0 saturated carbocycles. The summed E-state index contributed by atoms with van der Waals surface area (Å²) in [5.41, 5.74) is 4.92. The predicted octanol–water partition coefficient (Wildman–Crippen LogP) is 5.07. The molecule has 2 aromatic carbocycles. The fraction of sp³-hybridized carbons (Fsp3) is 0.227. The van der Waals surface area contributed by atoms with Crippen molar-refractivity contribution in [3.8, 4) is 0 Å². The lowest BCUT2D eigenvalue weighted by Gasteiger charge is -2.12. The second-order valence-electron chi connectivity index (χ2n) is 6.69. The lowest BCUT2D eigenvalue weighted by atomic mass is 9.93. The van der Waals surface area contributed by atoms with E-state index in [-0.39, 0.29) is 18.3 Å². The van der Waals surface area contributed by atoms with E-state index in [1.54, 1.807) is 6.07 Å². The van der Waals surface area contributed by atoms with E-state index in [0.717, 1.165) is 40.5 Å². The summed E-state index contributed by atoms with van der Waals surface area (Å²) in [4.78, 5) is 4.32. The molecule has 1 N–H and O–H groups in total. The number of sulfonamides is 1. The van der Waals surface area contributed by atoms with E-state index < -0.39 is 10.0 Å². The average molecular weight is 415 g/mol. The van der Waals surface area contributed by atoms with Crippen molar-refractivity contribution in [1.82, 2.24) is 9.71 Å². The Morgan fingerprint density at radius 2 is 2.07 bits per heavy atom. The molecule has 0 saturated heterocycles. The third kappa shape index (κ3) is 4.99. The first-order valence-corrected chi connectivity index (χ1v) is 10.9. The third-order valence-corrected chi connectivity index (χ3v) is 5.49. The van der Waals surface area contributed by atoms with Crippen LogP contribution in [-0.2, 0) is 16.6 Å². The van der Waals surface area contributed by atoms with E-state index in [2.05, 4.69) is 29.3 Å². The maximum atomic E-state index is 13.6. The van der Waals surface area contributed by atoms with Crippen LogP contribution in [0.5, 0.6) is 0 Å². The number of aryl methyl sites for hydroxylation is 1. The van der Waals surface area contributed by atoms with Gasteiger partial charge in [0, 0.05) is 5.41 Å². The van der Waals surface area contributed by atoms with Crippen LogP contribution in [0.2, 0.25) is 0 Å². The van der Waals surface area contributed by atoms with Gasteiger partial charge in [-0.25, -0.2) is 22.5 Å². The van der Waals surface area contributed by atoms with Gasteiger partial charge >= 0.3 is 0 Å². The normalized spacial score (nSPS) is 12.4. The van der Waals surface area contributed by atoms with E-state index in [1.807, 2.05) is 25.1 Å². The predicted molar refractivity (Wildman–Crippen MR) is 113 cm³/mol. The molecule has 0 amide bonds. The molecule has 1 aromatic heterocycles. The molecule has 3 aromatic rings. The topological polar surface area (TPSA) is 72.2 Å². The molecule has 0 fully saturated rings. The molecule has 152 valence electrons. The van der Waals surface area contributed by atoms with Gasteiger partial charge in [0.1, 0.15) is 11.3 Å². The molecule has 5 nitrogen and oxygen atoms in total. The quantitative estimate of drug-likeness (QED) is 0.559. The minimum Gasteiger partial charge on any atom is -0.439 e. The molecular weight excluding hydrogens is 391 g/mol. The Morgan fingerprint density at radius 1 is 1.28 bits per heavy atom. The molecule has 0 unspecified atom stereocenters. The molecule has 29 heavy (non-hydrogen) atoms. The SMILES string of the molecule is C=CS(=O)(=O)NCc1nc2ccc(C(=CCCC)c3ccc(F)cc3C)cc2o1. The van der Waals surface area contributed by atoms with E-state index in [9.17, 15) is 12.8 Å². The molecule has 0 atom stereocenters. The van der Waals surface area contributed by atoms with E-state index in [0.29, 0.717) is 11.1 Å². The summed E-state index contributed by atoms with van der Waals surface area (Å²) in [7, 11) is -3.56. The van der Waals surface area contributed by atoms with Crippen LogP contribution in [0.1, 0.15) is 42.3 Å². The van der Waals surface area contributed by atoms with Crippen LogP contribution in [0.3, 0.4) is 0 Å². The lowest BCUT2D eigenvalue weighted by molar-refractivity contribution is 0.515. The summed E-state index contributed by atoms with van der Waals surface area (Å²) in [6, 6.07) is 10.4. The van der Waals surface area contributed by atoms with Gasteiger partial charge in [-0.1, -0.05) is 38.1 Å². The van der Waals surface area contributed by atoms with Crippen LogP contribution in [-0.4, -0.2) is 13.4 Å². The number of unbranched alkanes of at least 4 members (excludes halogenated alkanes) is 1. The maximum Gasteiger partial charge on any atom is 0.233 e. The highest BCUT2D eigenvalue weighted by atomic mass is 32.2. The van der Waals surface area contributed by atoms with Crippen molar-refractivity contribution < 1.29 is 17.2 Å². The Kier molecular flexibility index (Phi) is 6.30. The fourth-order valence-electron chi connectivity index (χ4n) is 3.04. The number of halogens is 1. The Bertz CT molecular complexity index is 1180. The molecule has 3 rings (SSSR count). The lowest BCUT2D eigenvalue weighted by Crippen LogP contribution is -2.20. The number of oxazole rings is 1. The number of allylic oxidation sites excluding steroid dienone is 1. The van der Waals surface area contributed by atoms with E-state index in [4.69, 9.17) is 4.42 Å². The summed E-state index contributed by atoms with van der Waals surface area (Å²) in [5.74, 6) is -0.00183. The van der Waals surface area contributed by atoms with Crippen molar-refractivity contribution in [2.24, 2.45) is 0 Å². The van der Waals surface area contributed by atoms with Gasteiger partial charge in [0.2, 0.25) is 15.9 Å². The van der Waals surface area contributed by atoms with Gasteiger partial charge < -0.3 is 4.42 Å². The number of nitrogens with one attached hydrogen (secondary N) is 1. The summed E-state index contributed by atoms with van der Waals surface area (Å²) in [6.07, 6.45) is 4.01. The maximum absolute atomic E-state index is 13.6. The minimum atomic E-state index is -3.56. The molecule has 0 aliphatic carbocycles. The first kappa shape index (κ1) is 21.0. The van der Waals surface area contributed by atoms with Gasteiger partial charge in [-0.2, -0.15) is 0 Å². The first-order valence-electron chi connectivity index (χ1n) is 9.31. The molecule has 0 spiro atoms. The molecular formula is C22H23FN2O3S. The average Bonchev–Trinajstić information content (AvgIpc) is 3.10. The fourth-order valence-corrected chi connectivity index (χ4v) is 3.48. The van der Waals surface area contributed by atoms with Crippen LogP contribution in [0.25, 0.3) is 16.7 Å². The van der Waals surface area contributed by atoms with Crippen LogP contribution in [0, 0.1) is 12.7 Å². The second-order valence-corrected chi connectivity index (χ2v) is 8.40. The zero-order valence-corrected chi connectivity index (χ0v) is 17.2. The van der Waals surface area contributed by atoms with Crippen LogP contribution in [0.15, 0.2) is 58.9 Å². The highest BCUT2D eigenvalue weighted by Gasteiger charge is 2.13. The van der Waals surface area contributed by atoms with Crippen molar-refractivity contribution in [2.45, 2.75) is 33.2 Å². The molecule has 0 radical (unpaired) electrons. The molecule has 7 heteroatoms. The summed E-state index contributed by atoms with van der Waals surface area (Å²) in [6.45, 7) is 7.17. The third-order valence-electron chi connectivity index (χ3n) is 4.50. The van der Waals surface area contributed by atoms with Gasteiger partial charge in [0.05, 0.1) is 6.54 Å². The molecule has 0 bridgehead atoms. The smallest absolute Gasteiger partial charge is 0.233 e. The summed E-state index contributed by atoms with van der Waals surface area (Å²) < 4.78 is 44.7. The van der Waals surface area contributed by atoms with Crippen molar-refractivity contribution in [1.29, 1.82) is 0 Å². The second kappa shape index (κ2) is 8.71. The number of hydrogen-bond acceptors (Lipinski definition) is 4. The van der Waals surface area contributed by atoms with Crippen molar-refractivity contribution in [3.05, 3.63) is 82.9 Å². The van der Waals surface area contributed by atoms with E-state index in [1.165, 1.54) is 12.1 Å². The molecule has 0 aliphatic rings. The van der Waals surface area contributed by atoms with Crippen LogP contribution >= 0.6 is 0 Å². The van der Waals surface area contributed by atoms with Crippen LogP contribution in [0.4, 0.5) is 4.39 Å². The van der Waals surface area contributed by atoms with Gasteiger partial charge in [0.25, 0.3) is 0 Å². The number of fused-ring (bicyclic) bond motifs is 1. The highest BCUT2D eigenvalue weighted by Crippen LogP contribution is 2.30. The summed E-state index contributed by atoms with van der Waals surface area (Å²) >= 11 is 0. The zero-order valence-electron chi connectivity index (χ0n) is 16.4. The van der Waals surface area contributed by atoms with Crippen molar-refractivity contribution in [2.75, 3.05) is 0 Å². The monoisotopic (exact) mass is 414 g/mol. The van der Waals surface area contributed by atoms with Gasteiger partial charge in [-0.05, 0) is 59.9 Å². The number of aromatic nitrogens is 1. The molecule has 0 aliphatic heterocycles. The molecule has 1 heterocycles. The van der Waals surface area contributed by atoms with E-state index >= 15 is 0 Å². The standard InChI is InChI=1S/C22H23FN2O3S/c1-4-6-7-19(18-10-9-17(23)12-15(18)3)16-8-11-20-21(13-16)28-22(25-20)14-24-29(26,27)5-2/h5,7-13,24H,2,4,6,14H2,1,3H3. The Hall–Kier alpha value is -2.77. The van der Waals surface area contributed by atoms with Crippen LogP contribution < -0.4 is 4.72 Å². The zero-order chi connectivity index (χ0) is 21.0. The Balaban J connectivity index is 1.98. The Morgan fingerprint density at radius 3 is 2.76 bits per heavy atom. The summed E-state index contributed by atoms with van der Waals surface area (Å²) in [5, 5.41) is 0.837. The number of rotatable bonds is 8. The number of hydrogen-bond donors (Lipinski definition) is 1. The van der Waals surface area contributed by atoms with Gasteiger partial charge in [0.15, 0.2) is 5.58 Å². The number of nitrogens with zero attached hydrogens (tertiary/aromatic N) is 1. The van der Waals surface area contributed by atoms with Crippen molar-refractivity contribution >= 4 is 26.7 Å². The highest BCUT2D eigenvalue weighted by molar-refractivity contribution is 7.92. The number of benzene rings is 2. The van der Waals surface area contributed by atoms with Crippen molar-refractivity contribution in [3.63, 3.8) is 0 Å². The Labute approximate surface area is 170 Å². The van der Waals surface area contributed by atoms with Gasteiger partial charge in [-0.3, -0.25) is 0 Å². The van der Waals surface area contributed by atoms with Gasteiger partial charge in [-0.15, -0.1) is 0 Å².